The molecule has 5 atom stereocenters. The zero-order valence-electron chi connectivity index (χ0n) is 11.7. The van der Waals surface area contributed by atoms with Gasteiger partial charge in [-0.3, -0.25) is 4.89 Å². The van der Waals surface area contributed by atoms with Gasteiger partial charge in [0.1, 0.15) is 36.5 Å². The highest BCUT2D eigenvalue weighted by Gasteiger charge is 2.47. The molecular weight excluding hydrogens is 371 g/mol. The molecule has 14 heteroatoms. The van der Waals surface area contributed by atoms with Crippen molar-refractivity contribution in [3.8, 4) is 0 Å². The van der Waals surface area contributed by atoms with Crippen LogP contribution in [0.1, 0.15) is 0 Å². The van der Waals surface area contributed by atoms with Crippen molar-refractivity contribution in [2.75, 3.05) is 6.61 Å². The van der Waals surface area contributed by atoms with Crippen LogP contribution in [0.2, 0.25) is 5.15 Å². The number of ether oxygens (including phenoxy) is 1. The summed E-state index contributed by atoms with van der Waals surface area (Å²) in [6, 6.07) is 0. The zero-order chi connectivity index (χ0) is 17.5. The second-order valence-corrected chi connectivity index (χ2v) is 6.44. The van der Waals surface area contributed by atoms with Gasteiger partial charge < -0.3 is 24.7 Å². The Balaban J connectivity index is 1.76. The Bertz CT molecular complexity index is 789. The van der Waals surface area contributed by atoms with Crippen molar-refractivity contribution in [3.63, 3.8) is 0 Å². The average Bonchev–Trinajstić information content (AvgIpc) is 3.04. The van der Waals surface area contributed by atoms with E-state index in [4.69, 9.17) is 26.1 Å². The Hall–Kier alpha value is -1.37. The van der Waals surface area contributed by atoms with Crippen LogP contribution >= 0.6 is 19.4 Å². The monoisotopic (exact) mass is 382 g/mol. The smallest absolute Gasteiger partial charge is 0.394 e. The normalized spacial score (nSPS) is 29.7. The summed E-state index contributed by atoms with van der Waals surface area (Å²) >= 11 is 5.80. The van der Waals surface area contributed by atoms with Crippen molar-refractivity contribution in [2.24, 2.45) is 0 Å². The first-order chi connectivity index (χ1) is 11.3. The van der Waals surface area contributed by atoms with E-state index in [9.17, 15) is 19.7 Å². The molecular formula is C10H12ClN4O8P. The number of fused-ring (bicyclic) bond motifs is 1. The van der Waals surface area contributed by atoms with Crippen LogP contribution in [0.15, 0.2) is 12.7 Å². The molecule has 0 bridgehead atoms. The van der Waals surface area contributed by atoms with Gasteiger partial charge in [-0.1, -0.05) is 11.6 Å². The highest BCUT2D eigenvalue weighted by Crippen LogP contribution is 2.44. The largest absolute Gasteiger partial charge is 0.549 e. The zero-order valence-corrected chi connectivity index (χ0v) is 13.4. The molecule has 3 heterocycles. The third-order valence-electron chi connectivity index (χ3n) is 3.19. The quantitative estimate of drug-likeness (QED) is 0.349. The van der Waals surface area contributed by atoms with Gasteiger partial charge in [-0.15, -0.1) is 4.73 Å². The molecule has 0 aliphatic carbocycles. The van der Waals surface area contributed by atoms with Crippen LogP contribution in [0.5, 0.6) is 0 Å². The lowest BCUT2D eigenvalue weighted by molar-refractivity contribution is -0.128. The van der Waals surface area contributed by atoms with Gasteiger partial charge in [0.25, 0.3) is 0 Å². The third kappa shape index (κ3) is 3.23. The number of phosphoric acid groups is 1. The molecule has 0 radical (unpaired) electrons. The predicted octanol–water partition coefficient (Wildman–Crippen LogP) is -1.54. The fraction of sp³-hybridized carbons (Fsp3) is 0.500. The number of aliphatic hydroxyl groups excluding tert-OH is 3. The maximum atomic E-state index is 12.1. The van der Waals surface area contributed by atoms with Gasteiger partial charge in [0.15, 0.2) is 11.4 Å². The summed E-state index contributed by atoms with van der Waals surface area (Å²) in [5.74, 6) is 0. The number of aliphatic hydroxyl groups is 3. The number of nitrogens with zero attached hydrogens (tertiary/aromatic N) is 4. The van der Waals surface area contributed by atoms with Gasteiger partial charge in [-0.2, -0.15) is 0 Å². The van der Waals surface area contributed by atoms with Gasteiger partial charge in [-0.25, -0.2) is 24.0 Å². The number of hydrogen-bond acceptors (Lipinski definition) is 10. The van der Waals surface area contributed by atoms with E-state index in [0.717, 1.165) is 17.4 Å². The van der Waals surface area contributed by atoms with Crippen molar-refractivity contribution in [1.82, 2.24) is 19.7 Å². The van der Waals surface area contributed by atoms with Crippen LogP contribution in [-0.4, -0.2) is 71.1 Å². The SMILES string of the molecule is O=P(O)(OC1O[C@H](CO)[C@@H](O)[C@H]1O)On1cnc2c(Cl)ncnc21. The van der Waals surface area contributed by atoms with Crippen LogP contribution in [0.4, 0.5) is 0 Å². The van der Waals surface area contributed by atoms with Crippen molar-refractivity contribution in [1.29, 1.82) is 0 Å². The second-order valence-electron chi connectivity index (χ2n) is 4.77. The first kappa shape index (κ1) is 17.5. The molecule has 0 amide bonds. The Morgan fingerprint density at radius 3 is 2.75 bits per heavy atom. The summed E-state index contributed by atoms with van der Waals surface area (Å²) in [5.41, 5.74) is 0.140. The summed E-state index contributed by atoms with van der Waals surface area (Å²) in [6.07, 6.45) is -3.86. The van der Waals surface area contributed by atoms with Crippen LogP contribution in [0.3, 0.4) is 0 Å². The molecule has 1 aliphatic rings. The number of imidazole rings is 1. The van der Waals surface area contributed by atoms with Crippen molar-refractivity contribution >= 4 is 30.6 Å². The van der Waals surface area contributed by atoms with Crippen molar-refractivity contribution < 1.29 is 38.7 Å². The third-order valence-corrected chi connectivity index (χ3v) is 4.32. The van der Waals surface area contributed by atoms with Gasteiger partial charge in [-0.05, 0) is 0 Å². The highest BCUT2D eigenvalue weighted by molar-refractivity contribution is 7.47. The fourth-order valence-electron chi connectivity index (χ4n) is 2.06. The summed E-state index contributed by atoms with van der Waals surface area (Å²) in [4.78, 5) is 21.1. The predicted molar refractivity (Wildman–Crippen MR) is 75.6 cm³/mol. The highest BCUT2D eigenvalue weighted by atomic mass is 35.5. The summed E-state index contributed by atoms with van der Waals surface area (Å²) < 4.78 is 27.2. The summed E-state index contributed by atoms with van der Waals surface area (Å²) in [5, 5.41) is 28.3. The molecule has 1 aliphatic heterocycles. The Kier molecular flexibility index (Phi) is 4.73. The first-order valence-corrected chi connectivity index (χ1v) is 8.37. The standard InChI is InChI=1S/C10H12ClN4O8P/c11-8-5-9(13-2-12-8)15(3-14-5)23-24(19,20)22-10-7(18)6(17)4(1-16)21-10/h2-4,6-7,10,16-18H,1H2,(H,19,20)/t4-,6-,7-,10?/m1/s1. The van der Waals surface area contributed by atoms with Crippen LogP contribution in [0.25, 0.3) is 11.2 Å². The number of hydrogen-bond donors (Lipinski definition) is 4. The molecule has 2 unspecified atom stereocenters. The first-order valence-electron chi connectivity index (χ1n) is 6.49. The van der Waals surface area contributed by atoms with Crippen LogP contribution in [0, 0.1) is 0 Å². The molecule has 2 aromatic rings. The minimum atomic E-state index is -4.81. The van der Waals surface area contributed by atoms with E-state index in [-0.39, 0.29) is 16.3 Å². The molecule has 0 saturated carbocycles. The lowest BCUT2D eigenvalue weighted by atomic mass is 10.1. The second kappa shape index (κ2) is 6.50. The molecule has 2 aromatic heterocycles. The molecule has 0 spiro atoms. The molecule has 0 aromatic carbocycles. The molecule has 132 valence electrons. The maximum absolute atomic E-state index is 12.1. The van der Waals surface area contributed by atoms with Crippen LogP contribution in [-0.2, 0) is 13.8 Å². The van der Waals surface area contributed by atoms with E-state index >= 15 is 0 Å². The summed E-state index contributed by atoms with van der Waals surface area (Å²) in [7, 11) is -4.81. The molecule has 24 heavy (non-hydrogen) atoms. The van der Waals surface area contributed by atoms with E-state index in [1.165, 1.54) is 0 Å². The minimum absolute atomic E-state index is 0.00836. The van der Waals surface area contributed by atoms with Gasteiger partial charge >= 0.3 is 7.82 Å². The molecule has 1 saturated heterocycles. The lowest BCUT2D eigenvalue weighted by Crippen LogP contribution is -2.34. The Labute approximate surface area is 138 Å². The van der Waals surface area contributed by atoms with Crippen LogP contribution < -0.4 is 4.62 Å². The lowest BCUT2D eigenvalue weighted by Gasteiger charge is -2.19. The Morgan fingerprint density at radius 2 is 2.08 bits per heavy atom. The van der Waals surface area contributed by atoms with E-state index in [1.807, 2.05) is 0 Å². The minimum Gasteiger partial charge on any atom is -0.394 e. The topological polar surface area (TPSA) is 169 Å². The van der Waals surface area contributed by atoms with E-state index in [1.54, 1.807) is 0 Å². The number of halogens is 1. The molecule has 1 fully saturated rings. The van der Waals surface area contributed by atoms with Gasteiger partial charge in [0.2, 0.25) is 5.65 Å². The Morgan fingerprint density at radius 1 is 1.33 bits per heavy atom. The molecule has 3 rings (SSSR count). The molecule has 4 N–H and O–H groups in total. The van der Waals surface area contributed by atoms with Crippen molar-refractivity contribution in [3.05, 3.63) is 17.8 Å². The number of aromatic nitrogens is 4. The molecule has 12 nitrogen and oxygen atoms in total. The van der Waals surface area contributed by atoms with E-state index in [2.05, 4.69) is 19.5 Å². The average molecular weight is 383 g/mol. The summed E-state index contributed by atoms with van der Waals surface area (Å²) in [6.45, 7) is -0.615. The van der Waals surface area contributed by atoms with E-state index < -0.39 is 39.0 Å². The van der Waals surface area contributed by atoms with Gasteiger partial charge in [0, 0.05) is 0 Å². The number of phosphoric ester groups is 1. The van der Waals surface area contributed by atoms with Crippen molar-refractivity contribution in [2.45, 2.75) is 24.6 Å². The number of rotatable bonds is 5. The fourth-order valence-corrected chi connectivity index (χ4v) is 3.05. The maximum Gasteiger partial charge on any atom is 0.549 e. The van der Waals surface area contributed by atoms with Gasteiger partial charge in [0.05, 0.1) is 6.61 Å². The van der Waals surface area contributed by atoms with E-state index in [0.29, 0.717) is 0 Å².